The second-order valence-electron chi connectivity index (χ2n) is 5.11. The van der Waals surface area contributed by atoms with E-state index >= 15 is 0 Å². The molecule has 7 heteroatoms. The Kier molecular flexibility index (Phi) is 10.0. The molecule has 1 rings (SSSR count). The van der Waals surface area contributed by atoms with Crippen LogP contribution in [0.15, 0.2) is 0 Å². The molecule has 0 radical (unpaired) electrons. The predicted molar refractivity (Wildman–Crippen MR) is 75.0 cm³/mol. The summed E-state index contributed by atoms with van der Waals surface area (Å²) in [5, 5.41) is 5.86. The van der Waals surface area contributed by atoms with Crippen LogP contribution in [0.3, 0.4) is 0 Å². The molecule has 0 spiro atoms. The SMILES string of the molecule is Cl.O=C(CCC(F)(F)F)NCCNC1CCCCCC1. The highest BCUT2D eigenvalue weighted by molar-refractivity contribution is 5.85. The summed E-state index contributed by atoms with van der Waals surface area (Å²) in [4.78, 5) is 11.2. The number of alkyl halides is 3. The maximum atomic E-state index is 11.9. The van der Waals surface area contributed by atoms with Crippen molar-refractivity contribution in [2.24, 2.45) is 0 Å². The summed E-state index contributed by atoms with van der Waals surface area (Å²) in [6.45, 7) is 1.02. The third-order valence-corrected chi connectivity index (χ3v) is 3.37. The molecule has 1 aliphatic rings. The number of hydrogen-bond acceptors (Lipinski definition) is 2. The molecular formula is C13H24ClF3N2O. The molecule has 0 saturated heterocycles. The van der Waals surface area contributed by atoms with Gasteiger partial charge in [0.2, 0.25) is 5.91 Å². The third kappa shape index (κ3) is 10.3. The van der Waals surface area contributed by atoms with Gasteiger partial charge in [0.1, 0.15) is 0 Å². The van der Waals surface area contributed by atoms with Crippen LogP contribution in [0.25, 0.3) is 0 Å². The summed E-state index contributed by atoms with van der Waals surface area (Å²) < 4.78 is 35.7. The molecule has 0 unspecified atom stereocenters. The summed E-state index contributed by atoms with van der Waals surface area (Å²) in [6.07, 6.45) is 1.56. The highest BCUT2D eigenvalue weighted by Gasteiger charge is 2.27. The molecule has 0 atom stereocenters. The van der Waals surface area contributed by atoms with Gasteiger partial charge in [-0.05, 0) is 12.8 Å². The minimum absolute atomic E-state index is 0. The molecule has 0 aliphatic heterocycles. The first kappa shape index (κ1) is 19.5. The highest BCUT2D eigenvalue weighted by Crippen LogP contribution is 2.21. The first-order chi connectivity index (χ1) is 8.97. The van der Waals surface area contributed by atoms with E-state index in [2.05, 4.69) is 10.6 Å². The molecule has 1 amide bonds. The van der Waals surface area contributed by atoms with Crippen molar-refractivity contribution in [2.75, 3.05) is 13.1 Å². The van der Waals surface area contributed by atoms with E-state index in [0.29, 0.717) is 19.1 Å². The van der Waals surface area contributed by atoms with Crippen LogP contribution in [0.1, 0.15) is 51.4 Å². The van der Waals surface area contributed by atoms with Crippen LogP contribution in [0.2, 0.25) is 0 Å². The number of hydrogen-bond donors (Lipinski definition) is 2. The quantitative estimate of drug-likeness (QED) is 0.584. The van der Waals surface area contributed by atoms with Crippen molar-refractivity contribution in [3.05, 3.63) is 0 Å². The van der Waals surface area contributed by atoms with E-state index in [4.69, 9.17) is 0 Å². The largest absolute Gasteiger partial charge is 0.389 e. The third-order valence-electron chi connectivity index (χ3n) is 3.37. The molecule has 2 N–H and O–H groups in total. The first-order valence-corrected chi connectivity index (χ1v) is 7.04. The van der Waals surface area contributed by atoms with Crippen LogP contribution < -0.4 is 10.6 Å². The van der Waals surface area contributed by atoms with Crippen molar-refractivity contribution < 1.29 is 18.0 Å². The lowest BCUT2D eigenvalue weighted by Crippen LogP contribution is -2.37. The van der Waals surface area contributed by atoms with Gasteiger partial charge in [0, 0.05) is 25.6 Å². The fourth-order valence-electron chi connectivity index (χ4n) is 2.31. The van der Waals surface area contributed by atoms with Crippen LogP contribution in [0, 0.1) is 0 Å². The summed E-state index contributed by atoms with van der Waals surface area (Å²) >= 11 is 0. The predicted octanol–water partition coefficient (Wildman–Crippen LogP) is 3.18. The van der Waals surface area contributed by atoms with Gasteiger partial charge >= 0.3 is 6.18 Å². The average molecular weight is 317 g/mol. The van der Waals surface area contributed by atoms with Gasteiger partial charge in [-0.25, -0.2) is 0 Å². The van der Waals surface area contributed by atoms with E-state index in [1.165, 1.54) is 25.7 Å². The van der Waals surface area contributed by atoms with Crippen molar-refractivity contribution in [1.82, 2.24) is 10.6 Å². The molecule has 1 saturated carbocycles. The molecule has 3 nitrogen and oxygen atoms in total. The molecule has 0 heterocycles. The lowest BCUT2D eigenvalue weighted by atomic mass is 10.1. The number of amides is 1. The smallest absolute Gasteiger partial charge is 0.355 e. The number of carbonyl (C=O) groups excluding carboxylic acids is 1. The molecule has 0 aromatic heterocycles. The van der Waals surface area contributed by atoms with Gasteiger partial charge in [-0.15, -0.1) is 12.4 Å². The average Bonchev–Trinajstić information content (AvgIpc) is 2.60. The fraction of sp³-hybridized carbons (Fsp3) is 0.923. The van der Waals surface area contributed by atoms with Crippen LogP contribution in [-0.4, -0.2) is 31.2 Å². The van der Waals surface area contributed by atoms with Crippen molar-refractivity contribution in [3.8, 4) is 0 Å². The minimum atomic E-state index is -4.25. The number of nitrogens with one attached hydrogen (secondary N) is 2. The molecule has 0 bridgehead atoms. The fourth-order valence-corrected chi connectivity index (χ4v) is 2.31. The summed E-state index contributed by atoms with van der Waals surface area (Å²) in [7, 11) is 0. The Morgan fingerprint density at radius 3 is 2.20 bits per heavy atom. The zero-order chi connectivity index (χ0) is 14.1. The van der Waals surface area contributed by atoms with E-state index in [1.54, 1.807) is 0 Å². The Hall–Kier alpha value is -0.490. The zero-order valence-electron chi connectivity index (χ0n) is 11.6. The number of carbonyl (C=O) groups is 1. The molecule has 0 aromatic carbocycles. The Morgan fingerprint density at radius 1 is 1.05 bits per heavy atom. The van der Waals surface area contributed by atoms with Crippen molar-refractivity contribution >= 4 is 18.3 Å². The van der Waals surface area contributed by atoms with Crippen LogP contribution in [0.5, 0.6) is 0 Å². The van der Waals surface area contributed by atoms with Gasteiger partial charge in [-0.1, -0.05) is 25.7 Å². The van der Waals surface area contributed by atoms with Gasteiger partial charge in [0.15, 0.2) is 0 Å². The van der Waals surface area contributed by atoms with E-state index in [-0.39, 0.29) is 12.4 Å². The van der Waals surface area contributed by atoms with Gasteiger partial charge in [-0.3, -0.25) is 4.79 Å². The zero-order valence-corrected chi connectivity index (χ0v) is 12.4. The molecule has 1 fully saturated rings. The Morgan fingerprint density at radius 2 is 1.65 bits per heavy atom. The van der Waals surface area contributed by atoms with Crippen LogP contribution >= 0.6 is 12.4 Å². The second-order valence-corrected chi connectivity index (χ2v) is 5.11. The van der Waals surface area contributed by atoms with Gasteiger partial charge < -0.3 is 10.6 Å². The number of rotatable bonds is 6. The maximum Gasteiger partial charge on any atom is 0.389 e. The highest BCUT2D eigenvalue weighted by atomic mass is 35.5. The monoisotopic (exact) mass is 316 g/mol. The van der Waals surface area contributed by atoms with E-state index in [9.17, 15) is 18.0 Å². The summed E-state index contributed by atoms with van der Waals surface area (Å²) in [5.41, 5.74) is 0. The normalized spacial score (nSPS) is 17.1. The van der Waals surface area contributed by atoms with Crippen LogP contribution in [0.4, 0.5) is 13.2 Å². The van der Waals surface area contributed by atoms with E-state index < -0.39 is 24.9 Å². The van der Waals surface area contributed by atoms with Gasteiger partial charge in [-0.2, -0.15) is 13.2 Å². The van der Waals surface area contributed by atoms with Gasteiger partial charge in [0.05, 0.1) is 6.42 Å². The summed E-state index contributed by atoms with van der Waals surface area (Å²) in [5.74, 6) is -0.528. The standard InChI is InChI=1S/C13H23F3N2O.ClH/c14-13(15,16)8-7-12(19)18-10-9-17-11-5-3-1-2-4-6-11;/h11,17H,1-10H2,(H,18,19);1H. The number of halogens is 4. The first-order valence-electron chi connectivity index (χ1n) is 7.04. The summed E-state index contributed by atoms with van der Waals surface area (Å²) in [6, 6.07) is 0.495. The van der Waals surface area contributed by atoms with Crippen molar-refractivity contribution in [3.63, 3.8) is 0 Å². The van der Waals surface area contributed by atoms with E-state index in [0.717, 1.165) is 12.8 Å². The Labute approximate surface area is 124 Å². The van der Waals surface area contributed by atoms with E-state index in [1.807, 2.05) is 0 Å². The molecular weight excluding hydrogens is 293 g/mol. The maximum absolute atomic E-state index is 11.9. The van der Waals surface area contributed by atoms with Gasteiger partial charge in [0.25, 0.3) is 0 Å². The molecule has 20 heavy (non-hydrogen) atoms. The second kappa shape index (κ2) is 10.3. The lowest BCUT2D eigenvalue weighted by Gasteiger charge is -2.16. The topological polar surface area (TPSA) is 41.1 Å². The molecule has 0 aromatic rings. The molecule has 120 valence electrons. The Bertz CT molecular complexity index is 267. The lowest BCUT2D eigenvalue weighted by molar-refractivity contribution is -0.144. The minimum Gasteiger partial charge on any atom is -0.355 e. The van der Waals surface area contributed by atoms with Crippen molar-refractivity contribution in [1.29, 1.82) is 0 Å². The van der Waals surface area contributed by atoms with Crippen molar-refractivity contribution in [2.45, 2.75) is 63.6 Å². The Balaban J connectivity index is 0.00000361. The van der Waals surface area contributed by atoms with Crippen LogP contribution in [-0.2, 0) is 4.79 Å². The molecule has 1 aliphatic carbocycles.